The third-order valence-electron chi connectivity index (χ3n) is 4.81. The van der Waals surface area contributed by atoms with Crippen LogP contribution < -0.4 is 10.2 Å². The number of fused-ring (bicyclic) bond motifs is 1. The van der Waals surface area contributed by atoms with E-state index in [1.165, 1.54) is 41.8 Å². The molecule has 0 atom stereocenters. The van der Waals surface area contributed by atoms with Crippen LogP contribution in [0.1, 0.15) is 20.8 Å². The highest BCUT2D eigenvalue weighted by molar-refractivity contribution is 14.1. The van der Waals surface area contributed by atoms with Gasteiger partial charge in [0.25, 0.3) is 17.3 Å². The SMILES string of the molecule is O=C(N/N=C\c1ccc(OCc2ccc([N+](=O)[O-])cc2)c(I)c1)c1cc2cc([N+](=O)[O-])ccc2s1. The van der Waals surface area contributed by atoms with E-state index < -0.39 is 15.8 Å². The van der Waals surface area contributed by atoms with Gasteiger partial charge >= 0.3 is 0 Å². The lowest BCUT2D eigenvalue weighted by Crippen LogP contribution is -2.16. The largest absolute Gasteiger partial charge is 0.488 e. The second kappa shape index (κ2) is 10.6. The van der Waals surface area contributed by atoms with Gasteiger partial charge in [-0.25, -0.2) is 5.43 Å². The molecule has 0 aliphatic heterocycles. The van der Waals surface area contributed by atoms with E-state index in [0.29, 0.717) is 16.0 Å². The molecule has 0 aliphatic carbocycles. The van der Waals surface area contributed by atoms with Crippen molar-refractivity contribution in [1.29, 1.82) is 0 Å². The Morgan fingerprint density at radius 2 is 1.71 bits per heavy atom. The predicted octanol–water partition coefficient (Wildman–Crippen LogP) is 5.67. The average Bonchev–Trinajstić information content (AvgIpc) is 3.27. The molecule has 1 amide bonds. The van der Waals surface area contributed by atoms with E-state index in [2.05, 4.69) is 33.1 Å². The molecule has 1 aromatic heterocycles. The van der Waals surface area contributed by atoms with Gasteiger partial charge in [-0.2, -0.15) is 5.10 Å². The van der Waals surface area contributed by atoms with Crippen LogP contribution in [0.4, 0.5) is 11.4 Å². The molecule has 1 heterocycles. The maximum atomic E-state index is 12.4. The molecule has 12 heteroatoms. The van der Waals surface area contributed by atoms with Gasteiger partial charge in [-0.1, -0.05) is 0 Å². The van der Waals surface area contributed by atoms with E-state index in [-0.39, 0.29) is 18.0 Å². The highest BCUT2D eigenvalue weighted by Crippen LogP contribution is 2.29. The molecule has 176 valence electrons. The quantitative estimate of drug-likeness (QED) is 0.120. The summed E-state index contributed by atoms with van der Waals surface area (Å²) < 4.78 is 7.39. The lowest BCUT2D eigenvalue weighted by molar-refractivity contribution is -0.385. The van der Waals surface area contributed by atoms with Crippen molar-refractivity contribution in [3.05, 3.63) is 107 Å². The van der Waals surface area contributed by atoms with E-state index in [4.69, 9.17) is 4.74 Å². The fourth-order valence-electron chi connectivity index (χ4n) is 3.07. The van der Waals surface area contributed by atoms with E-state index in [1.54, 1.807) is 36.4 Å². The minimum atomic E-state index is -0.478. The van der Waals surface area contributed by atoms with Crippen molar-refractivity contribution >= 4 is 67.5 Å². The molecule has 1 N–H and O–H groups in total. The van der Waals surface area contributed by atoms with Crippen LogP contribution in [0.3, 0.4) is 0 Å². The first kappa shape index (κ1) is 24.2. The third kappa shape index (κ3) is 5.96. The Morgan fingerprint density at radius 3 is 2.40 bits per heavy atom. The number of hydrazone groups is 1. The summed E-state index contributed by atoms with van der Waals surface area (Å²) in [6.45, 7) is 0.260. The van der Waals surface area contributed by atoms with Crippen molar-refractivity contribution in [3.8, 4) is 5.75 Å². The molecule has 0 bridgehead atoms. The minimum absolute atomic E-state index is 0.0235. The van der Waals surface area contributed by atoms with Crippen LogP contribution >= 0.6 is 33.9 Å². The maximum absolute atomic E-state index is 12.4. The molecule has 0 unspecified atom stereocenters. The minimum Gasteiger partial charge on any atom is -0.488 e. The van der Waals surface area contributed by atoms with Gasteiger partial charge in [0.15, 0.2) is 0 Å². The number of rotatable bonds is 8. The Balaban J connectivity index is 1.35. The zero-order chi connectivity index (χ0) is 24.9. The number of non-ortho nitro benzene ring substituents is 2. The van der Waals surface area contributed by atoms with Crippen molar-refractivity contribution in [2.75, 3.05) is 0 Å². The molecule has 3 aromatic carbocycles. The van der Waals surface area contributed by atoms with Crippen molar-refractivity contribution in [1.82, 2.24) is 5.43 Å². The number of nitro groups is 2. The summed E-state index contributed by atoms with van der Waals surface area (Å²) >= 11 is 3.35. The summed E-state index contributed by atoms with van der Waals surface area (Å²) in [7, 11) is 0. The Bertz CT molecular complexity index is 1470. The van der Waals surface area contributed by atoms with E-state index in [0.717, 1.165) is 19.4 Å². The smallest absolute Gasteiger partial charge is 0.281 e. The van der Waals surface area contributed by atoms with Gasteiger partial charge in [-0.3, -0.25) is 25.0 Å². The van der Waals surface area contributed by atoms with Gasteiger partial charge in [0.1, 0.15) is 12.4 Å². The number of nitrogens with zero attached hydrogens (tertiary/aromatic N) is 3. The van der Waals surface area contributed by atoms with Crippen molar-refractivity contribution in [2.45, 2.75) is 6.61 Å². The summed E-state index contributed by atoms with van der Waals surface area (Å²) in [5.41, 5.74) is 4.00. The van der Waals surface area contributed by atoms with Gasteiger partial charge in [-0.15, -0.1) is 11.3 Å². The fourth-order valence-corrected chi connectivity index (χ4v) is 4.69. The molecule has 0 saturated carbocycles. The third-order valence-corrected chi connectivity index (χ3v) is 6.77. The van der Waals surface area contributed by atoms with Gasteiger partial charge in [0, 0.05) is 34.4 Å². The zero-order valence-corrected chi connectivity index (χ0v) is 20.7. The first-order valence-electron chi connectivity index (χ1n) is 9.97. The fraction of sp³-hybridized carbons (Fsp3) is 0.0435. The molecule has 10 nitrogen and oxygen atoms in total. The number of ether oxygens (including phenoxy) is 1. The average molecular weight is 602 g/mol. The second-order valence-corrected chi connectivity index (χ2v) is 9.44. The molecule has 0 saturated heterocycles. The summed E-state index contributed by atoms with van der Waals surface area (Å²) in [6.07, 6.45) is 1.50. The number of hydrogen-bond donors (Lipinski definition) is 1. The first-order valence-corrected chi connectivity index (χ1v) is 11.9. The number of nitrogens with one attached hydrogen (secondary N) is 1. The van der Waals surface area contributed by atoms with Gasteiger partial charge in [0.2, 0.25) is 0 Å². The number of halogens is 1. The van der Waals surface area contributed by atoms with Gasteiger partial charge in [0.05, 0.1) is 24.5 Å². The van der Waals surface area contributed by atoms with Crippen LogP contribution in [0.15, 0.2) is 71.8 Å². The number of thiophene rings is 1. The summed E-state index contributed by atoms with van der Waals surface area (Å²) in [5, 5.41) is 26.3. The number of benzene rings is 3. The van der Waals surface area contributed by atoms with Crippen LogP contribution in [0, 0.1) is 23.8 Å². The topological polar surface area (TPSA) is 137 Å². The standard InChI is InChI=1S/C23H15IN4O6S/c24-19-9-15(3-7-20(19)34-13-14-1-4-17(5-2-14)27(30)31)12-25-26-23(29)22-11-16-10-18(28(32)33)6-8-21(16)35-22/h1-12H,13H2,(H,26,29)/b25-12-. The van der Waals surface area contributed by atoms with Crippen molar-refractivity contribution in [2.24, 2.45) is 5.10 Å². The van der Waals surface area contributed by atoms with E-state index >= 15 is 0 Å². The second-order valence-electron chi connectivity index (χ2n) is 7.19. The number of hydrogen-bond acceptors (Lipinski definition) is 8. The Labute approximate surface area is 215 Å². The van der Waals surface area contributed by atoms with E-state index in [1.807, 2.05) is 6.07 Å². The maximum Gasteiger partial charge on any atom is 0.281 e. The molecule has 0 spiro atoms. The lowest BCUT2D eigenvalue weighted by atomic mass is 10.2. The zero-order valence-electron chi connectivity index (χ0n) is 17.7. The molecule has 4 aromatic rings. The Morgan fingerprint density at radius 1 is 1.00 bits per heavy atom. The van der Waals surface area contributed by atoms with Crippen LogP contribution in [0.25, 0.3) is 10.1 Å². The summed E-state index contributed by atoms with van der Waals surface area (Å²) in [5.74, 6) is 0.229. The molecule has 0 radical (unpaired) electrons. The molecular formula is C23H15IN4O6S. The normalized spacial score (nSPS) is 11.0. The van der Waals surface area contributed by atoms with Crippen LogP contribution in [0.2, 0.25) is 0 Å². The summed E-state index contributed by atoms with van der Waals surface area (Å²) in [4.78, 5) is 33.5. The first-order chi connectivity index (χ1) is 16.8. The molecule has 0 aliphatic rings. The predicted molar refractivity (Wildman–Crippen MR) is 140 cm³/mol. The lowest BCUT2D eigenvalue weighted by Gasteiger charge is -2.09. The van der Waals surface area contributed by atoms with E-state index in [9.17, 15) is 25.0 Å². The van der Waals surface area contributed by atoms with Gasteiger partial charge in [-0.05, 0) is 76.2 Å². The highest BCUT2D eigenvalue weighted by atomic mass is 127. The monoisotopic (exact) mass is 602 g/mol. The Kier molecular flexibility index (Phi) is 7.31. The number of carbonyl (C=O) groups excluding carboxylic acids is 1. The van der Waals surface area contributed by atoms with Gasteiger partial charge < -0.3 is 4.74 Å². The molecule has 4 rings (SSSR count). The molecule has 0 fully saturated rings. The molecule has 35 heavy (non-hydrogen) atoms. The Hall–Kier alpha value is -3.91. The summed E-state index contributed by atoms with van der Waals surface area (Å²) in [6, 6.07) is 17.6. The number of carbonyl (C=O) groups is 1. The van der Waals surface area contributed by atoms with Crippen LogP contribution in [-0.4, -0.2) is 22.0 Å². The van der Waals surface area contributed by atoms with Crippen LogP contribution in [0.5, 0.6) is 5.75 Å². The number of nitro benzene ring substituents is 2. The van der Waals surface area contributed by atoms with Crippen molar-refractivity contribution < 1.29 is 19.4 Å². The molecular weight excluding hydrogens is 587 g/mol. The highest BCUT2D eigenvalue weighted by Gasteiger charge is 2.13. The van der Waals surface area contributed by atoms with Crippen LogP contribution in [-0.2, 0) is 6.61 Å². The van der Waals surface area contributed by atoms with Crippen molar-refractivity contribution in [3.63, 3.8) is 0 Å². The number of amides is 1.